The van der Waals surface area contributed by atoms with E-state index in [9.17, 15) is 4.79 Å². The van der Waals surface area contributed by atoms with Crippen molar-refractivity contribution in [2.75, 3.05) is 0 Å². The van der Waals surface area contributed by atoms with E-state index in [2.05, 4.69) is 10.2 Å². The van der Waals surface area contributed by atoms with Crippen LogP contribution in [0.3, 0.4) is 0 Å². The number of rotatable bonds is 1. The van der Waals surface area contributed by atoms with Gasteiger partial charge in [-0.3, -0.25) is 9.89 Å². The number of carbonyl (C=O) groups is 1. The van der Waals surface area contributed by atoms with Crippen molar-refractivity contribution in [1.82, 2.24) is 10.2 Å². The van der Waals surface area contributed by atoms with Gasteiger partial charge >= 0.3 is 0 Å². The normalized spacial score (nSPS) is 10.6. The third kappa shape index (κ3) is 1.21. The molecule has 66 valence electrons. The van der Waals surface area contributed by atoms with Crippen LogP contribution in [-0.4, -0.2) is 16.5 Å². The van der Waals surface area contributed by atoms with Gasteiger partial charge in [-0.1, -0.05) is 11.6 Å². The lowest BCUT2D eigenvalue weighted by molar-refractivity contribution is 0.112. The molecular weight excluding hydrogens is 188 g/mol. The fraction of sp³-hybridized carbons (Fsp3) is 0.111. The van der Waals surface area contributed by atoms with E-state index in [1.807, 2.05) is 6.92 Å². The quantitative estimate of drug-likeness (QED) is 0.709. The molecular formula is C9H7ClN2O. The predicted octanol–water partition coefficient (Wildman–Crippen LogP) is 2.34. The second-order valence-corrected chi connectivity index (χ2v) is 3.26. The van der Waals surface area contributed by atoms with Crippen LogP contribution in [0.25, 0.3) is 10.9 Å². The van der Waals surface area contributed by atoms with Gasteiger partial charge in [-0.25, -0.2) is 0 Å². The van der Waals surface area contributed by atoms with E-state index in [-0.39, 0.29) is 0 Å². The second kappa shape index (κ2) is 2.85. The number of hydrogen-bond acceptors (Lipinski definition) is 2. The highest BCUT2D eigenvalue weighted by atomic mass is 35.5. The van der Waals surface area contributed by atoms with E-state index in [1.54, 1.807) is 12.1 Å². The van der Waals surface area contributed by atoms with Crippen LogP contribution in [0.4, 0.5) is 0 Å². The van der Waals surface area contributed by atoms with Crippen LogP contribution in [0, 0.1) is 6.92 Å². The number of aryl methyl sites for hydroxylation is 1. The first-order valence-corrected chi connectivity index (χ1v) is 4.19. The highest BCUT2D eigenvalue weighted by Crippen LogP contribution is 2.23. The molecule has 1 aromatic heterocycles. The van der Waals surface area contributed by atoms with Crippen molar-refractivity contribution in [3.8, 4) is 0 Å². The minimum absolute atomic E-state index is 0.465. The van der Waals surface area contributed by atoms with Gasteiger partial charge in [0.15, 0.2) is 6.29 Å². The smallest absolute Gasteiger partial charge is 0.151 e. The summed E-state index contributed by atoms with van der Waals surface area (Å²) in [5, 5.41) is 8.28. The van der Waals surface area contributed by atoms with Crippen molar-refractivity contribution in [3.63, 3.8) is 0 Å². The number of aldehydes is 1. The molecule has 0 bridgehead atoms. The van der Waals surface area contributed by atoms with Gasteiger partial charge in [-0.15, -0.1) is 0 Å². The summed E-state index contributed by atoms with van der Waals surface area (Å²) >= 11 is 5.86. The molecule has 2 aromatic rings. The molecule has 3 nitrogen and oxygen atoms in total. The molecule has 0 aliphatic carbocycles. The molecule has 0 aliphatic rings. The van der Waals surface area contributed by atoms with Gasteiger partial charge in [0.1, 0.15) is 0 Å². The first kappa shape index (κ1) is 8.26. The minimum atomic E-state index is 0.465. The Kier molecular flexibility index (Phi) is 1.81. The summed E-state index contributed by atoms with van der Waals surface area (Å²) in [6, 6.07) is 3.42. The van der Waals surface area contributed by atoms with Crippen LogP contribution >= 0.6 is 11.6 Å². The molecule has 0 saturated heterocycles. The number of aromatic nitrogens is 2. The van der Waals surface area contributed by atoms with Crippen LogP contribution in [-0.2, 0) is 0 Å². The maximum atomic E-state index is 10.6. The van der Waals surface area contributed by atoms with Crippen LogP contribution in [0.2, 0.25) is 5.02 Å². The zero-order chi connectivity index (χ0) is 9.42. The first-order chi connectivity index (χ1) is 6.22. The molecule has 0 saturated carbocycles. The Bertz CT molecular complexity index is 476. The molecule has 0 amide bonds. The van der Waals surface area contributed by atoms with Crippen LogP contribution in [0.15, 0.2) is 12.1 Å². The van der Waals surface area contributed by atoms with Crippen molar-refractivity contribution in [2.45, 2.75) is 6.92 Å². The fourth-order valence-electron chi connectivity index (χ4n) is 1.27. The van der Waals surface area contributed by atoms with Crippen LogP contribution < -0.4 is 0 Å². The SMILES string of the molecule is Cc1[nH]nc2cc(C=O)c(Cl)cc12. The molecule has 0 aliphatic heterocycles. The topological polar surface area (TPSA) is 45.8 Å². The van der Waals surface area contributed by atoms with Crippen molar-refractivity contribution >= 4 is 28.8 Å². The molecule has 13 heavy (non-hydrogen) atoms. The summed E-state index contributed by atoms with van der Waals surface area (Å²) < 4.78 is 0. The van der Waals surface area contributed by atoms with Gasteiger partial charge in [-0.2, -0.15) is 5.10 Å². The van der Waals surface area contributed by atoms with Crippen LogP contribution in [0.5, 0.6) is 0 Å². The molecule has 0 spiro atoms. The van der Waals surface area contributed by atoms with E-state index < -0.39 is 0 Å². The molecule has 0 fully saturated rings. The van der Waals surface area contributed by atoms with E-state index in [4.69, 9.17) is 11.6 Å². The summed E-state index contributed by atoms with van der Waals surface area (Å²) in [5.41, 5.74) is 2.19. The Labute approximate surface area is 79.7 Å². The Morgan fingerprint density at radius 2 is 2.31 bits per heavy atom. The van der Waals surface area contributed by atoms with Gasteiger partial charge in [0.2, 0.25) is 0 Å². The van der Waals surface area contributed by atoms with E-state index in [0.717, 1.165) is 22.9 Å². The Morgan fingerprint density at radius 1 is 1.54 bits per heavy atom. The van der Waals surface area contributed by atoms with Gasteiger partial charge in [0.25, 0.3) is 0 Å². The summed E-state index contributed by atoms with van der Waals surface area (Å²) in [7, 11) is 0. The Hall–Kier alpha value is -1.35. The van der Waals surface area contributed by atoms with Crippen molar-refractivity contribution < 1.29 is 4.79 Å². The highest BCUT2D eigenvalue weighted by Gasteiger charge is 2.06. The number of halogens is 1. The summed E-state index contributed by atoms with van der Waals surface area (Å²) in [6.45, 7) is 1.91. The highest BCUT2D eigenvalue weighted by molar-refractivity contribution is 6.33. The van der Waals surface area contributed by atoms with Gasteiger partial charge < -0.3 is 0 Å². The number of nitrogens with one attached hydrogen (secondary N) is 1. The van der Waals surface area contributed by atoms with Crippen LogP contribution in [0.1, 0.15) is 16.1 Å². The number of aromatic amines is 1. The second-order valence-electron chi connectivity index (χ2n) is 2.86. The molecule has 0 unspecified atom stereocenters. The largest absolute Gasteiger partial charge is 0.298 e. The van der Waals surface area contributed by atoms with Crippen molar-refractivity contribution in [3.05, 3.63) is 28.4 Å². The lowest BCUT2D eigenvalue weighted by Gasteiger charge is -1.95. The Balaban J connectivity index is 2.83. The average Bonchev–Trinajstić information content (AvgIpc) is 2.47. The molecule has 1 N–H and O–H groups in total. The summed E-state index contributed by atoms with van der Waals surface area (Å²) in [4.78, 5) is 10.6. The number of benzene rings is 1. The third-order valence-electron chi connectivity index (χ3n) is 1.99. The number of fused-ring (bicyclic) bond motifs is 1. The molecule has 0 radical (unpaired) electrons. The summed E-state index contributed by atoms with van der Waals surface area (Å²) in [5.74, 6) is 0. The molecule has 4 heteroatoms. The van der Waals surface area contributed by atoms with Crippen molar-refractivity contribution in [1.29, 1.82) is 0 Å². The third-order valence-corrected chi connectivity index (χ3v) is 2.32. The average molecular weight is 195 g/mol. The molecule has 1 aromatic carbocycles. The monoisotopic (exact) mass is 194 g/mol. The lowest BCUT2D eigenvalue weighted by atomic mass is 10.1. The van der Waals surface area contributed by atoms with E-state index in [1.165, 1.54) is 0 Å². The van der Waals surface area contributed by atoms with E-state index in [0.29, 0.717) is 10.6 Å². The maximum absolute atomic E-state index is 10.6. The molecule has 1 heterocycles. The minimum Gasteiger partial charge on any atom is -0.298 e. The fourth-order valence-corrected chi connectivity index (χ4v) is 1.47. The predicted molar refractivity (Wildman–Crippen MR) is 51.2 cm³/mol. The lowest BCUT2D eigenvalue weighted by Crippen LogP contribution is -1.81. The zero-order valence-electron chi connectivity index (χ0n) is 6.97. The summed E-state index contributed by atoms with van der Waals surface area (Å²) in [6.07, 6.45) is 0.728. The van der Waals surface area contributed by atoms with Crippen molar-refractivity contribution in [2.24, 2.45) is 0 Å². The Morgan fingerprint density at radius 3 is 3.00 bits per heavy atom. The zero-order valence-corrected chi connectivity index (χ0v) is 7.72. The maximum Gasteiger partial charge on any atom is 0.151 e. The van der Waals surface area contributed by atoms with Gasteiger partial charge in [-0.05, 0) is 19.1 Å². The number of carbonyl (C=O) groups excluding carboxylic acids is 1. The van der Waals surface area contributed by atoms with Gasteiger partial charge in [0.05, 0.1) is 10.5 Å². The first-order valence-electron chi connectivity index (χ1n) is 3.82. The standard InChI is InChI=1S/C9H7ClN2O/c1-5-7-3-8(10)6(4-13)2-9(7)12-11-5/h2-4H,1H3,(H,11,12). The number of H-pyrrole nitrogens is 1. The van der Waals surface area contributed by atoms with E-state index >= 15 is 0 Å². The molecule has 2 rings (SSSR count). The van der Waals surface area contributed by atoms with Gasteiger partial charge in [0, 0.05) is 16.6 Å². The number of hydrogen-bond donors (Lipinski definition) is 1. The number of nitrogens with zero attached hydrogens (tertiary/aromatic N) is 1. The molecule has 0 atom stereocenters.